The van der Waals surface area contributed by atoms with Crippen LogP contribution in [0.5, 0.6) is 0 Å². The molecule has 0 bridgehead atoms. The zero-order valence-corrected chi connectivity index (χ0v) is 20.7. The van der Waals surface area contributed by atoms with Gasteiger partial charge in [-0.25, -0.2) is 4.79 Å². The molecule has 1 rings (SSSR count). The summed E-state index contributed by atoms with van der Waals surface area (Å²) in [6, 6.07) is 4.64. The fourth-order valence-corrected chi connectivity index (χ4v) is 3.22. The van der Waals surface area contributed by atoms with Crippen LogP contribution in [0.3, 0.4) is 0 Å². The molecular weight excluding hydrogens is 454 g/mol. The summed E-state index contributed by atoms with van der Waals surface area (Å²) in [7, 11) is 0. The molecule has 0 saturated carbocycles. The van der Waals surface area contributed by atoms with E-state index in [0.717, 1.165) is 5.56 Å². The number of benzene rings is 1. The third-order valence-electron chi connectivity index (χ3n) is 5.41. The largest absolute Gasteiger partial charge is 0.481 e. The lowest BCUT2D eigenvalue weighted by molar-refractivity contribution is -0.138. The lowest BCUT2D eigenvalue weighted by atomic mass is 9.99. The van der Waals surface area contributed by atoms with Crippen molar-refractivity contribution in [1.82, 2.24) is 16.0 Å². The molecule has 0 spiro atoms. The molecule has 0 fully saturated rings. The van der Waals surface area contributed by atoms with Gasteiger partial charge in [-0.15, -0.1) is 0 Å². The highest BCUT2D eigenvalue weighted by Crippen LogP contribution is 2.12. The number of nitrogens with one attached hydrogen (secondary N) is 4. The normalized spacial score (nSPS) is 13.3. The Morgan fingerprint density at radius 3 is 2.09 bits per heavy atom. The van der Waals surface area contributed by atoms with E-state index in [9.17, 15) is 24.0 Å². The summed E-state index contributed by atoms with van der Waals surface area (Å²) in [6.07, 6.45) is 0.577. The van der Waals surface area contributed by atoms with Crippen LogP contribution in [0.15, 0.2) is 24.3 Å². The number of urea groups is 1. The van der Waals surface area contributed by atoms with Gasteiger partial charge in [-0.1, -0.05) is 38.5 Å². The van der Waals surface area contributed by atoms with Crippen LogP contribution in [0.1, 0.15) is 52.0 Å². The number of rotatable bonds is 14. The van der Waals surface area contributed by atoms with Gasteiger partial charge in [-0.2, -0.15) is 0 Å². The summed E-state index contributed by atoms with van der Waals surface area (Å²) >= 11 is 0. The van der Waals surface area contributed by atoms with Crippen molar-refractivity contribution in [3.05, 3.63) is 29.8 Å². The molecule has 7 N–H and O–H groups in total. The minimum absolute atomic E-state index is 0.141. The minimum Gasteiger partial charge on any atom is -0.481 e. The molecule has 11 heteroatoms. The third kappa shape index (κ3) is 11.4. The average Bonchev–Trinajstić information content (AvgIpc) is 2.78. The maximum atomic E-state index is 13.1. The van der Waals surface area contributed by atoms with Crippen LogP contribution in [0.2, 0.25) is 0 Å². The van der Waals surface area contributed by atoms with Crippen LogP contribution in [0, 0.1) is 18.8 Å². The van der Waals surface area contributed by atoms with Crippen LogP contribution in [0.25, 0.3) is 0 Å². The van der Waals surface area contributed by atoms with Crippen molar-refractivity contribution in [3.63, 3.8) is 0 Å². The number of aryl methyl sites for hydroxylation is 1. The zero-order chi connectivity index (χ0) is 26.5. The number of hydrogen-bond acceptors (Lipinski definition) is 5. The van der Waals surface area contributed by atoms with Gasteiger partial charge in [-0.3, -0.25) is 19.2 Å². The lowest BCUT2D eigenvalue weighted by Gasteiger charge is -2.26. The monoisotopic (exact) mass is 491 g/mol. The number of nitrogens with two attached hydrogens (primary N) is 1. The highest BCUT2D eigenvalue weighted by Gasteiger charge is 2.30. The molecule has 11 nitrogen and oxygen atoms in total. The average molecular weight is 492 g/mol. The molecule has 5 amide bonds. The molecule has 0 aromatic heterocycles. The van der Waals surface area contributed by atoms with E-state index >= 15 is 0 Å². The van der Waals surface area contributed by atoms with Crippen LogP contribution in [0.4, 0.5) is 10.5 Å². The quantitative estimate of drug-likeness (QED) is 0.215. The number of carbonyl (C=O) groups is 5. The van der Waals surface area contributed by atoms with Gasteiger partial charge in [-0.05, 0) is 44.2 Å². The van der Waals surface area contributed by atoms with Gasteiger partial charge in [0.2, 0.25) is 17.7 Å². The second kappa shape index (κ2) is 14.6. The fourth-order valence-electron chi connectivity index (χ4n) is 3.22. The smallest absolute Gasteiger partial charge is 0.312 e. The molecule has 0 aliphatic heterocycles. The van der Waals surface area contributed by atoms with Crippen molar-refractivity contribution in [2.24, 2.45) is 17.6 Å². The van der Waals surface area contributed by atoms with E-state index in [1.807, 2.05) is 19.1 Å². The van der Waals surface area contributed by atoms with E-state index in [4.69, 9.17) is 10.8 Å². The number of carbonyl (C=O) groups excluding carboxylic acids is 4. The number of carboxylic acids is 1. The SMILES string of the molecule is Cc1ccc(NC(=O)C(CCCNC(N)=O)NC(=O)C(NC(=O)C(C)CCC(=O)O)C(C)C)cc1. The predicted molar refractivity (Wildman–Crippen MR) is 131 cm³/mol. The van der Waals surface area contributed by atoms with Crippen molar-refractivity contribution in [3.8, 4) is 0 Å². The molecule has 0 saturated heterocycles. The first-order valence-corrected chi connectivity index (χ1v) is 11.6. The second-order valence-electron chi connectivity index (χ2n) is 8.91. The third-order valence-corrected chi connectivity index (χ3v) is 5.41. The van der Waals surface area contributed by atoms with Crippen molar-refractivity contribution in [1.29, 1.82) is 0 Å². The predicted octanol–water partition coefficient (Wildman–Crippen LogP) is 1.51. The molecule has 0 aliphatic carbocycles. The van der Waals surface area contributed by atoms with E-state index in [1.54, 1.807) is 32.9 Å². The number of primary amides is 1. The number of aliphatic carboxylic acids is 1. The van der Waals surface area contributed by atoms with E-state index in [2.05, 4.69) is 21.3 Å². The second-order valence-corrected chi connectivity index (χ2v) is 8.91. The van der Waals surface area contributed by atoms with Gasteiger partial charge in [0.15, 0.2) is 0 Å². The Balaban J connectivity index is 2.90. The molecule has 1 aromatic carbocycles. The molecule has 35 heavy (non-hydrogen) atoms. The zero-order valence-electron chi connectivity index (χ0n) is 20.7. The van der Waals surface area contributed by atoms with Crippen molar-refractivity contribution < 1.29 is 29.1 Å². The van der Waals surface area contributed by atoms with Crippen LogP contribution >= 0.6 is 0 Å². The molecule has 1 aromatic rings. The van der Waals surface area contributed by atoms with Crippen molar-refractivity contribution in [2.75, 3.05) is 11.9 Å². The van der Waals surface area contributed by atoms with Gasteiger partial charge in [0, 0.05) is 24.6 Å². The van der Waals surface area contributed by atoms with Gasteiger partial charge in [0.05, 0.1) is 0 Å². The summed E-state index contributed by atoms with van der Waals surface area (Å²) < 4.78 is 0. The van der Waals surface area contributed by atoms with E-state index in [0.29, 0.717) is 12.1 Å². The highest BCUT2D eigenvalue weighted by atomic mass is 16.4. The van der Waals surface area contributed by atoms with E-state index in [-0.39, 0.29) is 31.7 Å². The van der Waals surface area contributed by atoms with E-state index < -0.39 is 47.7 Å². The highest BCUT2D eigenvalue weighted by molar-refractivity contribution is 5.98. The number of carboxylic acid groups (broad SMARTS) is 1. The summed E-state index contributed by atoms with van der Waals surface area (Å²) in [4.78, 5) is 60.2. The van der Waals surface area contributed by atoms with Crippen LogP contribution in [-0.2, 0) is 19.2 Å². The molecule has 0 aliphatic rings. The van der Waals surface area contributed by atoms with Gasteiger partial charge in [0.1, 0.15) is 12.1 Å². The van der Waals surface area contributed by atoms with E-state index in [1.165, 1.54) is 0 Å². The standard InChI is InChI=1S/C24H37N5O6/c1-14(2)20(29-21(32)16(4)9-12-19(30)31)23(34)28-18(6-5-13-26-24(25)35)22(33)27-17-10-7-15(3)8-11-17/h7-8,10-11,14,16,18,20H,5-6,9,12-13H2,1-4H3,(H,27,33)(H,28,34)(H,29,32)(H,30,31)(H3,25,26,35). The molecule has 0 radical (unpaired) electrons. The minimum atomic E-state index is -1.00. The van der Waals surface area contributed by atoms with Crippen molar-refractivity contribution in [2.45, 2.75) is 65.5 Å². The molecular formula is C24H37N5O6. The molecule has 3 atom stereocenters. The maximum absolute atomic E-state index is 13.1. The maximum Gasteiger partial charge on any atom is 0.312 e. The topological polar surface area (TPSA) is 180 Å². The Morgan fingerprint density at radius 2 is 1.54 bits per heavy atom. The summed E-state index contributed by atoms with van der Waals surface area (Å²) in [5, 5.41) is 19.4. The van der Waals surface area contributed by atoms with Crippen LogP contribution in [-0.4, -0.2) is 53.5 Å². The Kier molecular flexibility index (Phi) is 12.3. The van der Waals surface area contributed by atoms with Crippen molar-refractivity contribution >= 4 is 35.4 Å². The fraction of sp³-hybridized carbons (Fsp3) is 0.542. The summed E-state index contributed by atoms with van der Waals surface area (Å²) in [5.74, 6) is -3.30. The summed E-state index contributed by atoms with van der Waals surface area (Å²) in [6.45, 7) is 7.25. The Hall–Kier alpha value is -3.63. The lowest BCUT2D eigenvalue weighted by Crippen LogP contribution is -2.55. The Bertz CT molecular complexity index is 887. The Labute approximate surface area is 205 Å². The first-order chi connectivity index (χ1) is 16.4. The number of anilines is 1. The first-order valence-electron chi connectivity index (χ1n) is 11.6. The number of amides is 5. The molecule has 3 unspecified atom stereocenters. The Morgan fingerprint density at radius 1 is 0.914 bits per heavy atom. The first kappa shape index (κ1) is 29.4. The number of hydrogen-bond donors (Lipinski definition) is 6. The van der Waals surface area contributed by atoms with Crippen LogP contribution < -0.4 is 27.0 Å². The summed E-state index contributed by atoms with van der Waals surface area (Å²) in [5.41, 5.74) is 6.67. The molecule has 194 valence electrons. The van der Waals surface area contributed by atoms with Gasteiger partial charge in [0.25, 0.3) is 0 Å². The molecule has 0 heterocycles. The van der Waals surface area contributed by atoms with Gasteiger partial charge < -0.3 is 32.1 Å². The van der Waals surface area contributed by atoms with Gasteiger partial charge >= 0.3 is 12.0 Å².